The number of benzene rings is 1. The van der Waals surface area contributed by atoms with Crippen LogP contribution in [0.2, 0.25) is 0 Å². The number of aromatic nitrogens is 4. The monoisotopic (exact) mass is 264 g/mol. The van der Waals surface area contributed by atoms with E-state index in [0.717, 1.165) is 23.7 Å². The predicted octanol–water partition coefficient (Wildman–Crippen LogP) is 2.65. The van der Waals surface area contributed by atoms with Crippen LogP contribution in [0.5, 0.6) is 5.75 Å². The van der Waals surface area contributed by atoms with Gasteiger partial charge < -0.3 is 5.11 Å². The van der Waals surface area contributed by atoms with Gasteiger partial charge >= 0.3 is 0 Å². The first-order chi connectivity index (χ1) is 8.74. The van der Waals surface area contributed by atoms with Crippen LogP contribution in [0.1, 0.15) is 26.7 Å². The van der Waals surface area contributed by atoms with Crippen LogP contribution in [-0.2, 0) is 0 Å². The second-order valence-corrected chi connectivity index (χ2v) is 5.21. The Bertz CT molecular complexity index is 493. The van der Waals surface area contributed by atoms with Gasteiger partial charge in [-0.3, -0.25) is 0 Å². The number of hydrogen-bond acceptors (Lipinski definition) is 5. The van der Waals surface area contributed by atoms with Crippen molar-refractivity contribution >= 4 is 11.8 Å². The number of rotatable bonds is 5. The number of tetrazole rings is 1. The van der Waals surface area contributed by atoms with E-state index in [1.54, 1.807) is 40.7 Å². The summed E-state index contributed by atoms with van der Waals surface area (Å²) in [5, 5.41) is 22.4. The molecular formula is C12H16N4OS. The first-order valence-electron chi connectivity index (χ1n) is 5.99. The van der Waals surface area contributed by atoms with Gasteiger partial charge in [-0.15, -0.1) is 5.10 Å². The largest absolute Gasteiger partial charge is 0.508 e. The summed E-state index contributed by atoms with van der Waals surface area (Å²) < 4.78 is 1.70. The lowest BCUT2D eigenvalue weighted by molar-refractivity contribution is 0.475. The Kier molecular flexibility index (Phi) is 4.19. The van der Waals surface area contributed by atoms with Crippen molar-refractivity contribution < 1.29 is 5.11 Å². The molecule has 0 aliphatic heterocycles. The van der Waals surface area contributed by atoms with Gasteiger partial charge in [-0.1, -0.05) is 25.6 Å². The van der Waals surface area contributed by atoms with Gasteiger partial charge in [-0.25, -0.2) is 0 Å². The molecule has 18 heavy (non-hydrogen) atoms. The summed E-state index contributed by atoms with van der Waals surface area (Å²) >= 11 is 1.69. The molecule has 0 unspecified atom stereocenters. The lowest BCUT2D eigenvalue weighted by Crippen LogP contribution is -2.03. The standard InChI is InChI=1S/C12H16N4OS/c1-3-11(4-2)18-12-13-14-15-16(12)9-5-7-10(17)8-6-9/h5-8,11,17H,3-4H2,1-2H3. The fourth-order valence-electron chi connectivity index (χ4n) is 1.61. The second-order valence-electron chi connectivity index (χ2n) is 3.95. The van der Waals surface area contributed by atoms with Gasteiger partial charge in [0.05, 0.1) is 5.69 Å². The summed E-state index contributed by atoms with van der Waals surface area (Å²) in [5.41, 5.74) is 0.853. The Labute approximate surface area is 110 Å². The summed E-state index contributed by atoms with van der Waals surface area (Å²) in [4.78, 5) is 0. The number of thioether (sulfide) groups is 1. The van der Waals surface area contributed by atoms with Crippen LogP contribution in [-0.4, -0.2) is 30.6 Å². The Hall–Kier alpha value is -1.56. The van der Waals surface area contributed by atoms with Crippen LogP contribution < -0.4 is 0 Å². The number of phenols is 1. The molecule has 0 fully saturated rings. The molecule has 0 atom stereocenters. The minimum Gasteiger partial charge on any atom is -0.508 e. The maximum Gasteiger partial charge on any atom is 0.214 e. The first kappa shape index (κ1) is 12.9. The fourth-order valence-corrected chi connectivity index (χ4v) is 2.57. The molecule has 1 aromatic carbocycles. The molecule has 2 aromatic rings. The van der Waals surface area contributed by atoms with Crippen molar-refractivity contribution in [3.8, 4) is 11.4 Å². The van der Waals surface area contributed by atoms with E-state index in [0.29, 0.717) is 5.25 Å². The fraction of sp³-hybridized carbons (Fsp3) is 0.417. The van der Waals surface area contributed by atoms with Crippen LogP contribution in [0, 0.1) is 0 Å². The topological polar surface area (TPSA) is 63.8 Å². The quantitative estimate of drug-likeness (QED) is 0.841. The molecule has 0 aliphatic rings. The molecule has 0 saturated heterocycles. The first-order valence-corrected chi connectivity index (χ1v) is 6.87. The zero-order valence-corrected chi connectivity index (χ0v) is 11.3. The minimum absolute atomic E-state index is 0.237. The van der Waals surface area contributed by atoms with Gasteiger partial charge in [-0.05, 0) is 47.5 Å². The van der Waals surface area contributed by atoms with Crippen LogP contribution in [0.4, 0.5) is 0 Å². The van der Waals surface area contributed by atoms with Crippen molar-refractivity contribution in [2.45, 2.75) is 37.1 Å². The molecule has 96 valence electrons. The molecule has 0 spiro atoms. The predicted molar refractivity (Wildman–Crippen MR) is 71.0 cm³/mol. The minimum atomic E-state index is 0.237. The van der Waals surface area contributed by atoms with Gasteiger partial charge in [0.2, 0.25) is 5.16 Å². The van der Waals surface area contributed by atoms with Gasteiger partial charge in [0.1, 0.15) is 5.75 Å². The molecule has 0 amide bonds. The van der Waals surface area contributed by atoms with Crippen molar-refractivity contribution in [3.63, 3.8) is 0 Å². The molecule has 0 radical (unpaired) electrons. The van der Waals surface area contributed by atoms with Gasteiger partial charge in [-0.2, -0.15) is 4.68 Å². The average Bonchev–Trinajstić information content (AvgIpc) is 2.85. The highest BCUT2D eigenvalue weighted by Crippen LogP contribution is 2.27. The number of nitrogens with zero attached hydrogens (tertiary/aromatic N) is 4. The summed E-state index contributed by atoms with van der Waals surface area (Å²) in [5.74, 6) is 0.237. The highest BCUT2D eigenvalue weighted by molar-refractivity contribution is 7.99. The van der Waals surface area contributed by atoms with E-state index in [2.05, 4.69) is 29.4 Å². The van der Waals surface area contributed by atoms with E-state index in [-0.39, 0.29) is 5.75 Å². The van der Waals surface area contributed by atoms with Crippen molar-refractivity contribution in [3.05, 3.63) is 24.3 Å². The second kappa shape index (κ2) is 5.86. The normalized spacial score (nSPS) is 11.1. The van der Waals surface area contributed by atoms with Crippen molar-refractivity contribution in [1.82, 2.24) is 20.2 Å². The van der Waals surface area contributed by atoms with E-state index in [1.807, 2.05) is 0 Å². The summed E-state index contributed by atoms with van der Waals surface area (Å²) in [6.45, 7) is 4.33. The lowest BCUT2D eigenvalue weighted by Gasteiger charge is -2.10. The molecule has 0 saturated carbocycles. The van der Waals surface area contributed by atoms with Crippen LogP contribution in [0.3, 0.4) is 0 Å². The third-order valence-electron chi connectivity index (χ3n) is 2.72. The smallest absolute Gasteiger partial charge is 0.214 e. The summed E-state index contributed by atoms with van der Waals surface area (Å²) in [6, 6.07) is 6.84. The Morgan fingerprint density at radius 2 is 1.89 bits per heavy atom. The third kappa shape index (κ3) is 2.81. The Morgan fingerprint density at radius 3 is 2.50 bits per heavy atom. The molecule has 6 heteroatoms. The molecule has 2 rings (SSSR count). The Morgan fingerprint density at radius 1 is 1.22 bits per heavy atom. The summed E-state index contributed by atoms with van der Waals surface area (Å²) in [6.07, 6.45) is 2.17. The van der Waals surface area contributed by atoms with E-state index in [4.69, 9.17) is 0 Å². The zero-order valence-electron chi connectivity index (χ0n) is 10.4. The van der Waals surface area contributed by atoms with E-state index in [1.165, 1.54) is 0 Å². The molecule has 0 bridgehead atoms. The van der Waals surface area contributed by atoms with Gasteiger partial charge in [0.25, 0.3) is 0 Å². The van der Waals surface area contributed by atoms with Crippen molar-refractivity contribution in [1.29, 1.82) is 0 Å². The summed E-state index contributed by atoms with van der Waals surface area (Å²) in [7, 11) is 0. The van der Waals surface area contributed by atoms with Crippen molar-refractivity contribution in [2.75, 3.05) is 0 Å². The molecule has 1 heterocycles. The van der Waals surface area contributed by atoms with Gasteiger partial charge in [0.15, 0.2) is 0 Å². The zero-order chi connectivity index (χ0) is 13.0. The molecule has 1 aromatic heterocycles. The van der Waals surface area contributed by atoms with E-state index in [9.17, 15) is 5.11 Å². The maximum atomic E-state index is 9.28. The average molecular weight is 264 g/mol. The van der Waals surface area contributed by atoms with Crippen LogP contribution in [0.15, 0.2) is 29.4 Å². The van der Waals surface area contributed by atoms with E-state index >= 15 is 0 Å². The van der Waals surface area contributed by atoms with Crippen molar-refractivity contribution in [2.24, 2.45) is 0 Å². The highest BCUT2D eigenvalue weighted by Gasteiger charge is 2.13. The third-order valence-corrected chi connectivity index (χ3v) is 4.18. The van der Waals surface area contributed by atoms with Crippen LogP contribution >= 0.6 is 11.8 Å². The SMILES string of the molecule is CCC(CC)Sc1nnnn1-c1ccc(O)cc1. The molecule has 0 aliphatic carbocycles. The molecule has 1 N–H and O–H groups in total. The van der Waals surface area contributed by atoms with E-state index < -0.39 is 0 Å². The molecular weight excluding hydrogens is 248 g/mol. The number of aromatic hydroxyl groups is 1. The highest BCUT2D eigenvalue weighted by atomic mass is 32.2. The van der Waals surface area contributed by atoms with Crippen LogP contribution in [0.25, 0.3) is 5.69 Å². The number of phenolic OH excluding ortho intramolecular Hbond substituents is 1. The Balaban J connectivity index is 2.24. The van der Waals surface area contributed by atoms with Gasteiger partial charge in [0, 0.05) is 5.25 Å². The number of hydrogen-bond donors (Lipinski definition) is 1. The molecule has 5 nitrogen and oxygen atoms in total. The lowest BCUT2D eigenvalue weighted by atomic mass is 10.3. The maximum absolute atomic E-state index is 9.28.